The third-order valence-electron chi connectivity index (χ3n) is 3.80. The van der Waals surface area contributed by atoms with Crippen LogP contribution in [-0.4, -0.2) is 33.8 Å². The molecule has 0 radical (unpaired) electrons. The van der Waals surface area contributed by atoms with E-state index in [9.17, 15) is 4.39 Å². The van der Waals surface area contributed by atoms with E-state index in [4.69, 9.17) is 9.47 Å². The maximum absolute atomic E-state index is 13.0. The van der Waals surface area contributed by atoms with Gasteiger partial charge in [-0.1, -0.05) is 24.3 Å². The van der Waals surface area contributed by atoms with E-state index in [2.05, 4.69) is 15.6 Å². The molecule has 5 nitrogen and oxygen atoms in total. The summed E-state index contributed by atoms with van der Waals surface area (Å²) in [6, 6.07) is 14.1. The molecular formula is C19H25FIN3O2. The predicted octanol–water partition coefficient (Wildman–Crippen LogP) is 3.51. The number of ether oxygens (including phenoxy) is 2. The summed E-state index contributed by atoms with van der Waals surface area (Å²) in [6.07, 6.45) is -0.198. The quantitative estimate of drug-likeness (QED) is 0.367. The van der Waals surface area contributed by atoms with Crippen molar-refractivity contribution in [3.63, 3.8) is 0 Å². The summed E-state index contributed by atoms with van der Waals surface area (Å²) in [5.74, 6) is 1.22. The monoisotopic (exact) mass is 473 g/mol. The lowest BCUT2D eigenvalue weighted by Crippen LogP contribution is -2.39. The number of nitrogens with zero attached hydrogens (tertiary/aromatic N) is 1. The van der Waals surface area contributed by atoms with Crippen LogP contribution in [-0.2, 0) is 11.3 Å². The summed E-state index contributed by atoms with van der Waals surface area (Å²) >= 11 is 0. The van der Waals surface area contributed by atoms with Gasteiger partial charge in [0.2, 0.25) is 0 Å². The molecule has 26 heavy (non-hydrogen) atoms. The van der Waals surface area contributed by atoms with E-state index in [0.29, 0.717) is 19.0 Å². The molecule has 2 rings (SSSR count). The number of methoxy groups -OCH3 is 2. The third-order valence-corrected chi connectivity index (χ3v) is 3.80. The molecule has 0 aromatic heterocycles. The molecule has 0 aliphatic heterocycles. The number of hydrogen-bond acceptors (Lipinski definition) is 3. The van der Waals surface area contributed by atoms with Crippen LogP contribution in [0.2, 0.25) is 0 Å². The van der Waals surface area contributed by atoms with Crippen LogP contribution in [0.5, 0.6) is 5.75 Å². The lowest BCUT2D eigenvalue weighted by molar-refractivity contribution is 0.106. The Morgan fingerprint density at radius 1 is 1.12 bits per heavy atom. The van der Waals surface area contributed by atoms with Crippen LogP contribution in [0.25, 0.3) is 0 Å². The van der Waals surface area contributed by atoms with Crippen molar-refractivity contribution in [3.8, 4) is 5.75 Å². The number of rotatable bonds is 7. The Morgan fingerprint density at radius 2 is 1.85 bits per heavy atom. The van der Waals surface area contributed by atoms with Crippen LogP contribution < -0.4 is 15.4 Å². The van der Waals surface area contributed by atoms with Crippen LogP contribution in [0.3, 0.4) is 0 Å². The average molecular weight is 473 g/mol. The first-order valence-corrected chi connectivity index (χ1v) is 8.02. The number of nitrogens with one attached hydrogen (secondary N) is 2. The fraction of sp³-hybridized carbons (Fsp3) is 0.316. The maximum Gasteiger partial charge on any atom is 0.191 e. The molecule has 1 atom stereocenters. The first-order chi connectivity index (χ1) is 12.2. The minimum atomic E-state index is -0.262. The minimum absolute atomic E-state index is 0. The molecule has 0 saturated carbocycles. The van der Waals surface area contributed by atoms with Crippen molar-refractivity contribution >= 4 is 29.9 Å². The topological polar surface area (TPSA) is 54.9 Å². The summed E-state index contributed by atoms with van der Waals surface area (Å²) in [7, 11) is 4.98. The van der Waals surface area contributed by atoms with E-state index < -0.39 is 0 Å². The number of benzene rings is 2. The molecule has 0 aliphatic carbocycles. The highest BCUT2D eigenvalue weighted by Crippen LogP contribution is 2.16. The molecule has 0 heterocycles. The van der Waals surface area contributed by atoms with Crippen LogP contribution in [0.15, 0.2) is 53.5 Å². The van der Waals surface area contributed by atoms with Crippen molar-refractivity contribution in [2.45, 2.75) is 12.6 Å². The van der Waals surface area contributed by atoms with Gasteiger partial charge < -0.3 is 20.1 Å². The van der Waals surface area contributed by atoms with Crippen LogP contribution >= 0.6 is 24.0 Å². The third kappa shape index (κ3) is 6.80. The number of hydrogen-bond donors (Lipinski definition) is 2. The van der Waals surface area contributed by atoms with Crippen molar-refractivity contribution in [1.29, 1.82) is 0 Å². The molecule has 0 aliphatic rings. The molecule has 0 amide bonds. The molecule has 1 unspecified atom stereocenters. The highest BCUT2D eigenvalue weighted by Gasteiger charge is 2.11. The molecule has 142 valence electrons. The van der Waals surface area contributed by atoms with Gasteiger partial charge in [0.25, 0.3) is 0 Å². The molecular weight excluding hydrogens is 448 g/mol. The van der Waals surface area contributed by atoms with Gasteiger partial charge in [0.1, 0.15) is 11.6 Å². The van der Waals surface area contributed by atoms with Crippen molar-refractivity contribution < 1.29 is 13.9 Å². The van der Waals surface area contributed by atoms with Crippen LogP contribution in [0, 0.1) is 5.82 Å². The Bertz CT molecular complexity index is 695. The van der Waals surface area contributed by atoms with Gasteiger partial charge in [-0.05, 0) is 35.4 Å². The lowest BCUT2D eigenvalue weighted by Gasteiger charge is -2.19. The molecule has 0 spiro atoms. The molecule has 2 N–H and O–H groups in total. The summed E-state index contributed by atoms with van der Waals surface area (Å²) in [4.78, 5) is 4.21. The van der Waals surface area contributed by atoms with E-state index in [1.165, 1.54) is 12.1 Å². The average Bonchev–Trinajstić information content (AvgIpc) is 2.66. The minimum Gasteiger partial charge on any atom is -0.497 e. The molecule has 2 aromatic carbocycles. The van der Waals surface area contributed by atoms with Crippen LogP contribution in [0.4, 0.5) is 4.39 Å². The molecule has 0 bridgehead atoms. The Balaban J connectivity index is 0.00000338. The van der Waals surface area contributed by atoms with Gasteiger partial charge >= 0.3 is 0 Å². The van der Waals surface area contributed by atoms with Gasteiger partial charge in [-0.3, -0.25) is 4.99 Å². The Kier molecular flexibility index (Phi) is 9.97. The van der Waals surface area contributed by atoms with Gasteiger partial charge in [0, 0.05) is 27.2 Å². The fourth-order valence-electron chi connectivity index (χ4n) is 2.39. The fourth-order valence-corrected chi connectivity index (χ4v) is 2.39. The highest BCUT2D eigenvalue weighted by atomic mass is 127. The zero-order valence-corrected chi connectivity index (χ0v) is 17.5. The summed E-state index contributed by atoms with van der Waals surface area (Å²) in [6.45, 7) is 1.13. The van der Waals surface area contributed by atoms with Gasteiger partial charge in [-0.15, -0.1) is 24.0 Å². The zero-order valence-electron chi connectivity index (χ0n) is 15.2. The van der Waals surface area contributed by atoms with E-state index in [-0.39, 0.29) is 35.9 Å². The van der Waals surface area contributed by atoms with E-state index in [1.807, 2.05) is 24.3 Å². The second-order valence-corrected chi connectivity index (χ2v) is 5.43. The molecule has 2 aromatic rings. The first kappa shape index (κ1) is 22.2. The van der Waals surface area contributed by atoms with Crippen molar-refractivity contribution in [3.05, 3.63) is 65.5 Å². The predicted molar refractivity (Wildman–Crippen MR) is 113 cm³/mol. The second kappa shape index (κ2) is 11.7. The van der Waals surface area contributed by atoms with Crippen molar-refractivity contribution in [2.24, 2.45) is 4.99 Å². The summed E-state index contributed by atoms with van der Waals surface area (Å²) in [5, 5.41) is 6.47. The summed E-state index contributed by atoms with van der Waals surface area (Å²) in [5.41, 5.74) is 1.99. The Morgan fingerprint density at radius 3 is 2.46 bits per heavy atom. The van der Waals surface area contributed by atoms with Gasteiger partial charge in [-0.2, -0.15) is 0 Å². The number of halogens is 2. The van der Waals surface area contributed by atoms with E-state index in [0.717, 1.165) is 16.9 Å². The highest BCUT2D eigenvalue weighted by molar-refractivity contribution is 14.0. The normalized spacial score (nSPS) is 12.1. The second-order valence-electron chi connectivity index (χ2n) is 5.43. The number of aliphatic imine (C=N–C) groups is 1. The van der Waals surface area contributed by atoms with Gasteiger partial charge in [0.15, 0.2) is 5.96 Å². The maximum atomic E-state index is 13.0. The van der Waals surface area contributed by atoms with Gasteiger partial charge in [-0.25, -0.2) is 4.39 Å². The lowest BCUT2D eigenvalue weighted by atomic mass is 10.1. The van der Waals surface area contributed by atoms with E-state index in [1.54, 1.807) is 33.4 Å². The smallest absolute Gasteiger partial charge is 0.191 e. The Labute approximate surface area is 171 Å². The molecule has 0 fully saturated rings. The van der Waals surface area contributed by atoms with E-state index >= 15 is 0 Å². The SMILES string of the molecule is CN=C(NCc1cccc(OC)c1)NCC(OC)c1ccc(F)cc1.I. The summed E-state index contributed by atoms with van der Waals surface area (Å²) < 4.78 is 23.7. The van der Waals surface area contributed by atoms with Crippen molar-refractivity contribution in [2.75, 3.05) is 27.8 Å². The van der Waals surface area contributed by atoms with Crippen molar-refractivity contribution in [1.82, 2.24) is 10.6 Å². The van der Waals surface area contributed by atoms with Gasteiger partial charge in [0.05, 0.1) is 13.2 Å². The first-order valence-electron chi connectivity index (χ1n) is 8.02. The Hall–Kier alpha value is -1.87. The number of guanidine groups is 1. The van der Waals surface area contributed by atoms with Crippen LogP contribution in [0.1, 0.15) is 17.2 Å². The zero-order chi connectivity index (χ0) is 18.1. The standard InChI is InChI=1S/C19H24FN3O2.HI/c1-21-19(22-12-14-5-4-6-17(11-14)24-2)23-13-18(25-3)15-7-9-16(20)10-8-15;/h4-11,18H,12-13H2,1-3H3,(H2,21,22,23);1H. The largest absolute Gasteiger partial charge is 0.497 e. The molecule has 7 heteroatoms. The molecule has 0 saturated heterocycles.